The highest BCUT2D eigenvalue weighted by atomic mass is 32.1. The summed E-state index contributed by atoms with van der Waals surface area (Å²) in [6.45, 7) is 6.11. The molecular formula is C9H17NO4S. The summed E-state index contributed by atoms with van der Waals surface area (Å²) in [5, 5.41) is 3.12. The van der Waals surface area contributed by atoms with E-state index >= 15 is 0 Å². The highest BCUT2D eigenvalue weighted by Gasteiger charge is 2.11. The van der Waals surface area contributed by atoms with Gasteiger partial charge in [-0.1, -0.05) is 0 Å². The van der Waals surface area contributed by atoms with Crippen molar-refractivity contribution in [1.82, 2.24) is 5.32 Å². The lowest BCUT2D eigenvalue weighted by atomic mass is 10.1. The molecule has 0 saturated heterocycles. The lowest BCUT2D eigenvalue weighted by molar-refractivity contribution is -0.152. The Hall–Kier alpha value is -0.750. The van der Waals surface area contributed by atoms with Crippen molar-refractivity contribution in [2.45, 2.75) is 32.7 Å². The normalized spacial score (nSPS) is 10.9. The number of nitrogens with one attached hydrogen (secondary N) is 1. The Morgan fingerprint density at radius 1 is 1.27 bits per heavy atom. The summed E-state index contributed by atoms with van der Waals surface area (Å²) in [5.74, 6) is -1.12. The first kappa shape index (κ1) is 14.2. The van der Waals surface area contributed by atoms with Gasteiger partial charge in [-0.25, -0.2) is 4.79 Å². The molecule has 0 saturated carbocycles. The fourth-order valence-electron chi connectivity index (χ4n) is 0.778. The van der Waals surface area contributed by atoms with Crippen molar-refractivity contribution in [3.8, 4) is 0 Å². The SMILES string of the molecule is CC(C)(C)NCCC(=O)OCC(=O)OS. The Balaban J connectivity index is 3.54. The van der Waals surface area contributed by atoms with Gasteiger partial charge >= 0.3 is 11.9 Å². The number of carbonyl (C=O) groups excluding carboxylic acids is 2. The minimum absolute atomic E-state index is 0.0374. The standard InChI is InChI=1S/C9H17NO4S/c1-9(2,3)10-5-4-7(11)13-6-8(12)14-15/h10,15H,4-6H2,1-3H3. The van der Waals surface area contributed by atoms with E-state index in [1.54, 1.807) is 0 Å². The van der Waals surface area contributed by atoms with Crippen LogP contribution in [0.15, 0.2) is 0 Å². The molecule has 6 heteroatoms. The van der Waals surface area contributed by atoms with Gasteiger partial charge in [-0.05, 0) is 20.8 Å². The van der Waals surface area contributed by atoms with Crippen LogP contribution < -0.4 is 5.32 Å². The molecule has 0 spiro atoms. The molecular weight excluding hydrogens is 218 g/mol. The van der Waals surface area contributed by atoms with Gasteiger partial charge in [0.2, 0.25) is 0 Å². The van der Waals surface area contributed by atoms with E-state index in [1.807, 2.05) is 20.8 Å². The van der Waals surface area contributed by atoms with Gasteiger partial charge in [0.15, 0.2) is 6.61 Å². The molecule has 0 fully saturated rings. The summed E-state index contributed by atoms with van der Waals surface area (Å²) >= 11 is 3.27. The summed E-state index contributed by atoms with van der Waals surface area (Å²) in [4.78, 5) is 21.6. The van der Waals surface area contributed by atoms with Crippen LogP contribution in [0, 0.1) is 0 Å². The predicted molar refractivity (Wildman–Crippen MR) is 58.4 cm³/mol. The second kappa shape index (κ2) is 6.68. The predicted octanol–water partition coefficient (Wildman–Crippen LogP) is 0.696. The minimum atomic E-state index is -0.685. The number of hydrogen-bond donors (Lipinski definition) is 2. The molecule has 0 aromatic heterocycles. The maximum atomic E-state index is 11.1. The van der Waals surface area contributed by atoms with Crippen LogP contribution in [0.2, 0.25) is 0 Å². The third kappa shape index (κ3) is 9.55. The smallest absolute Gasteiger partial charge is 0.356 e. The molecule has 0 bridgehead atoms. The third-order valence-electron chi connectivity index (χ3n) is 1.44. The lowest BCUT2D eigenvalue weighted by Gasteiger charge is -2.19. The van der Waals surface area contributed by atoms with Crippen molar-refractivity contribution in [2.24, 2.45) is 0 Å². The average molecular weight is 235 g/mol. The molecule has 0 aromatic carbocycles. The second-order valence-electron chi connectivity index (χ2n) is 4.05. The number of rotatable bonds is 5. The molecule has 0 unspecified atom stereocenters. The van der Waals surface area contributed by atoms with Gasteiger partial charge in [0.1, 0.15) is 0 Å². The number of thiol groups is 1. The monoisotopic (exact) mass is 235 g/mol. The lowest BCUT2D eigenvalue weighted by Crippen LogP contribution is -2.37. The van der Waals surface area contributed by atoms with E-state index in [2.05, 4.69) is 27.1 Å². The van der Waals surface area contributed by atoms with Crippen molar-refractivity contribution < 1.29 is 18.5 Å². The fraction of sp³-hybridized carbons (Fsp3) is 0.778. The van der Waals surface area contributed by atoms with Crippen LogP contribution >= 0.6 is 12.9 Å². The van der Waals surface area contributed by atoms with Gasteiger partial charge in [-0.3, -0.25) is 4.79 Å². The number of carbonyl (C=O) groups is 2. The van der Waals surface area contributed by atoms with Crippen LogP contribution in [-0.2, 0) is 18.5 Å². The van der Waals surface area contributed by atoms with E-state index in [9.17, 15) is 9.59 Å². The highest BCUT2D eigenvalue weighted by molar-refractivity contribution is 7.75. The molecule has 0 aliphatic heterocycles. The quantitative estimate of drug-likeness (QED) is 0.417. The van der Waals surface area contributed by atoms with Crippen LogP contribution in [-0.4, -0.2) is 30.6 Å². The first-order valence-corrected chi connectivity index (χ1v) is 4.96. The van der Waals surface area contributed by atoms with E-state index in [0.717, 1.165) is 0 Å². The van der Waals surface area contributed by atoms with Gasteiger partial charge < -0.3 is 14.2 Å². The molecule has 0 aliphatic carbocycles. The maximum Gasteiger partial charge on any atom is 0.356 e. The topological polar surface area (TPSA) is 64.6 Å². The number of ether oxygens (including phenoxy) is 1. The van der Waals surface area contributed by atoms with Crippen LogP contribution in [0.5, 0.6) is 0 Å². The Kier molecular flexibility index (Phi) is 6.35. The van der Waals surface area contributed by atoms with Gasteiger partial charge in [-0.15, -0.1) is 0 Å². The zero-order valence-corrected chi connectivity index (χ0v) is 10.1. The van der Waals surface area contributed by atoms with Crippen molar-refractivity contribution in [3.63, 3.8) is 0 Å². The average Bonchev–Trinajstić information content (AvgIpc) is 2.12. The number of hydrogen-bond acceptors (Lipinski definition) is 6. The highest BCUT2D eigenvalue weighted by Crippen LogP contribution is 1.98. The maximum absolute atomic E-state index is 11.1. The molecule has 5 nitrogen and oxygen atoms in total. The van der Waals surface area contributed by atoms with Gasteiger partial charge in [0.05, 0.1) is 6.42 Å². The van der Waals surface area contributed by atoms with Gasteiger partial charge in [0.25, 0.3) is 0 Å². The van der Waals surface area contributed by atoms with Crippen LogP contribution in [0.4, 0.5) is 0 Å². The first-order chi connectivity index (χ1) is 6.85. The van der Waals surface area contributed by atoms with Crippen LogP contribution in [0.3, 0.4) is 0 Å². The van der Waals surface area contributed by atoms with Crippen LogP contribution in [0.1, 0.15) is 27.2 Å². The molecule has 0 radical (unpaired) electrons. The molecule has 0 rings (SSSR count). The molecule has 88 valence electrons. The van der Waals surface area contributed by atoms with E-state index < -0.39 is 18.5 Å². The molecule has 1 N–H and O–H groups in total. The van der Waals surface area contributed by atoms with Crippen molar-refractivity contribution >= 4 is 24.8 Å². The van der Waals surface area contributed by atoms with E-state index in [4.69, 9.17) is 0 Å². The molecule has 0 amide bonds. The van der Waals surface area contributed by atoms with Gasteiger partial charge in [0, 0.05) is 25.0 Å². The zero-order valence-electron chi connectivity index (χ0n) is 9.20. The van der Waals surface area contributed by atoms with Gasteiger partial charge in [-0.2, -0.15) is 0 Å². The Labute approximate surface area is 95.1 Å². The Bertz CT molecular complexity index is 225. The fourth-order valence-corrected chi connectivity index (χ4v) is 0.830. The van der Waals surface area contributed by atoms with E-state index in [0.29, 0.717) is 6.54 Å². The largest absolute Gasteiger partial charge is 0.454 e. The number of esters is 1. The van der Waals surface area contributed by atoms with Crippen molar-refractivity contribution in [1.29, 1.82) is 0 Å². The molecule has 0 aliphatic rings. The first-order valence-electron chi connectivity index (χ1n) is 4.60. The summed E-state index contributed by atoms with van der Waals surface area (Å²) < 4.78 is 8.63. The van der Waals surface area contributed by atoms with Crippen molar-refractivity contribution in [3.05, 3.63) is 0 Å². The Morgan fingerprint density at radius 3 is 2.33 bits per heavy atom. The molecule has 0 atom stereocenters. The molecule has 0 aromatic rings. The minimum Gasteiger partial charge on any atom is -0.454 e. The third-order valence-corrected chi connectivity index (χ3v) is 1.64. The second-order valence-corrected chi connectivity index (χ2v) is 4.23. The summed E-state index contributed by atoms with van der Waals surface area (Å²) in [6.07, 6.45) is 0.219. The van der Waals surface area contributed by atoms with Crippen LogP contribution in [0.25, 0.3) is 0 Å². The molecule has 15 heavy (non-hydrogen) atoms. The molecule has 0 heterocycles. The van der Waals surface area contributed by atoms with Crippen molar-refractivity contribution in [2.75, 3.05) is 13.2 Å². The summed E-state index contributed by atoms with van der Waals surface area (Å²) in [5.41, 5.74) is -0.0374. The van der Waals surface area contributed by atoms with E-state index in [1.165, 1.54) is 0 Å². The zero-order chi connectivity index (χ0) is 11.9. The Morgan fingerprint density at radius 2 is 1.87 bits per heavy atom. The van der Waals surface area contributed by atoms with E-state index in [-0.39, 0.29) is 12.0 Å². The summed E-state index contributed by atoms with van der Waals surface area (Å²) in [6, 6.07) is 0. The summed E-state index contributed by atoms with van der Waals surface area (Å²) in [7, 11) is 0.